The van der Waals surface area contributed by atoms with Gasteiger partial charge in [-0.25, -0.2) is 0 Å². The van der Waals surface area contributed by atoms with Gasteiger partial charge < -0.3 is 35.0 Å². The first kappa shape index (κ1) is 41.9. The van der Waals surface area contributed by atoms with Crippen LogP contribution < -0.4 is 15.5 Å². The number of benzene rings is 3. The van der Waals surface area contributed by atoms with Gasteiger partial charge in [0.15, 0.2) is 6.29 Å². The molecule has 3 N–H and O–H groups in total. The fourth-order valence-corrected chi connectivity index (χ4v) is 8.75. The van der Waals surface area contributed by atoms with E-state index in [9.17, 15) is 14.7 Å². The molecule has 304 valence electrons. The predicted octanol–water partition coefficient (Wildman–Crippen LogP) is 9.57. The van der Waals surface area contributed by atoms with Crippen molar-refractivity contribution in [1.29, 1.82) is 0 Å². The van der Waals surface area contributed by atoms with E-state index in [1.165, 1.54) is 70.6 Å². The molecule has 2 amide bonds. The summed E-state index contributed by atoms with van der Waals surface area (Å²) in [5.74, 6) is 0.158. The van der Waals surface area contributed by atoms with Crippen molar-refractivity contribution in [2.75, 3.05) is 36.5 Å². The Morgan fingerprint density at radius 1 is 0.804 bits per heavy atom. The van der Waals surface area contributed by atoms with Crippen molar-refractivity contribution >= 4 is 23.2 Å². The van der Waals surface area contributed by atoms with Crippen LogP contribution in [0.2, 0.25) is 0 Å². The van der Waals surface area contributed by atoms with Crippen LogP contribution in [0.3, 0.4) is 0 Å². The van der Waals surface area contributed by atoms with E-state index in [1.54, 1.807) is 0 Å². The quantitative estimate of drug-likeness (QED) is 0.0929. The number of carbonyl (C=O) groups is 2. The van der Waals surface area contributed by atoms with E-state index in [0.29, 0.717) is 19.5 Å². The van der Waals surface area contributed by atoms with Crippen LogP contribution in [-0.2, 0) is 25.7 Å². The maximum absolute atomic E-state index is 13.3. The molecule has 6 rings (SSSR count). The zero-order valence-electron chi connectivity index (χ0n) is 33.8. The SMILES string of the molecule is CCCCCCCCCCCCCCCC(=O)Nc1cccc(C2O[C@H](CN3CCC4(CC3)C(=O)NCN4c3ccccc3)C[C@H](c3ccc(CO)cc3)O2)c1. The van der Waals surface area contributed by atoms with Gasteiger partial charge in [0.2, 0.25) is 11.8 Å². The summed E-state index contributed by atoms with van der Waals surface area (Å²) in [4.78, 5) is 30.9. The van der Waals surface area contributed by atoms with Crippen LogP contribution in [0.4, 0.5) is 11.4 Å². The molecule has 0 bridgehead atoms. The maximum atomic E-state index is 13.3. The van der Waals surface area contributed by atoms with E-state index in [0.717, 1.165) is 73.4 Å². The van der Waals surface area contributed by atoms with Crippen LogP contribution in [0.15, 0.2) is 78.9 Å². The van der Waals surface area contributed by atoms with E-state index >= 15 is 0 Å². The number of nitrogens with one attached hydrogen (secondary N) is 2. The number of hydrogen-bond donors (Lipinski definition) is 3. The molecular weight excluding hydrogens is 701 g/mol. The number of piperidine rings is 1. The number of unbranched alkanes of at least 4 members (excludes halogenated alkanes) is 12. The Balaban J connectivity index is 1.000. The summed E-state index contributed by atoms with van der Waals surface area (Å²) in [6.45, 7) is 5.10. The average molecular weight is 767 g/mol. The second-order valence-corrected chi connectivity index (χ2v) is 16.3. The lowest BCUT2D eigenvalue weighted by Crippen LogP contribution is -2.57. The molecule has 0 aliphatic carbocycles. The van der Waals surface area contributed by atoms with Crippen molar-refractivity contribution in [2.24, 2.45) is 0 Å². The molecule has 0 radical (unpaired) electrons. The topological polar surface area (TPSA) is 103 Å². The molecule has 1 unspecified atom stereocenters. The lowest BCUT2D eigenvalue weighted by atomic mass is 9.85. The van der Waals surface area contributed by atoms with Crippen molar-refractivity contribution < 1.29 is 24.2 Å². The van der Waals surface area contributed by atoms with Crippen LogP contribution in [-0.4, -0.2) is 59.8 Å². The molecule has 3 aromatic carbocycles. The van der Waals surface area contributed by atoms with Gasteiger partial charge >= 0.3 is 0 Å². The van der Waals surface area contributed by atoms with E-state index in [1.807, 2.05) is 66.7 Å². The lowest BCUT2D eigenvalue weighted by molar-refractivity contribution is -0.253. The molecule has 3 saturated heterocycles. The summed E-state index contributed by atoms with van der Waals surface area (Å²) in [7, 11) is 0. The van der Waals surface area contributed by atoms with Gasteiger partial charge in [0, 0.05) is 49.4 Å². The summed E-state index contributed by atoms with van der Waals surface area (Å²) in [6.07, 6.45) is 18.5. The van der Waals surface area contributed by atoms with Crippen LogP contribution in [0.25, 0.3) is 0 Å². The van der Waals surface area contributed by atoms with Gasteiger partial charge in [-0.3, -0.25) is 9.59 Å². The lowest BCUT2D eigenvalue weighted by Gasteiger charge is -2.45. The average Bonchev–Trinajstić information content (AvgIpc) is 3.54. The first-order chi connectivity index (χ1) is 27.5. The van der Waals surface area contributed by atoms with Crippen molar-refractivity contribution in [3.8, 4) is 0 Å². The van der Waals surface area contributed by atoms with Crippen molar-refractivity contribution in [3.05, 3.63) is 95.6 Å². The first-order valence-corrected chi connectivity index (χ1v) is 21.7. The largest absolute Gasteiger partial charge is 0.392 e. The number of aliphatic hydroxyl groups excluding tert-OH is 1. The van der Waals surface area contributed by atoms with Gasteiger partial charge in [-0.1, -0.05) is 139 Å². The third kappa shape index (κ3) is 11.7. The number of anilines is 2. The van der Waals surface area contributed by atoms with Crippen LogP contribution >= 0.6 is 0 Å². The number of para-hydroxylation sites is 1. The maximum Gasteiger partial charge on any atom is 0.247 e. The van der Waals surface area contributed by atoms with Gasteiger partial charge in [-0.2, -0.15) is 0 Å². The summed E-state index contributed by atoms with van der Waals surface area (Å²) in [5, 5.41) is 15.9. The van der Waals surface area contributed by atoms with Gasteiger partial charge in [0.1, 0.15) is 5.54 Å². The Labute approximate surface area is 335 Å². The molecule has 3 aromatic rings. The van der Waals surface area contributed by atoms with Gasteiger partial charge in [0.05, 0.1) is 25.5 Å². The Bertz CT molecular complexity index is 1630. The standard InChI is InChI=1S/C47H66N4O5/c1-2-3-4-5-6-7-8-9-10-11-12-13-17-23-44(53)49-40-20-18-19-39(32-40)45-55-42(33-43(56-45)38-26-24-37(35-52)25-27-38)34-50-30-28-47(29-31-50)46(54)48-36-51(47)41-21-15-14-16-22-41/h14-16,18-22,24-27,32,42-43,45,52H,2-13,17,23,28-31,33-36H2,1H3,(H,48,54)(H,49,53)/t42-,43+,45?/m0/s1. The monoisotopic (exact) mass is 767 g/mol. The number of hydrogen-bond acceptors (Lipinski definition) is 7. The van der Waals surface area contributed by atoms with Crippen molar-refractivity contribution in [2.45, 2.75) is 147 Å². The zero-order chi connectivity index (χ0) is 39.0. The molecule has 1 spiro atoms. The molecule has 0 aromatic heterocycles. The summed E-state index contributed by atoms with van der Waals surface area (Å²) >= 11 is 0. The smallest absolute Gasteiger partial charge is 0.247 e. The molecule has 3 aliphatic rings. The number of aliphatic hydroxyl groups is 1. The second-order valence-electron chi connectivity index (χ2n) is 16.3. The number of nitrogens with zero attached hydrogens (tertiary/aromatic N) is 2. The number of likely N-dealkylation sites (tertiary alicyclic amines) is 1. The number of ether oxygens (including phenoxy) is 2. The minimum Gasteiger partial charge on any atom is -0.392 e. The highest BCUT2D eigenvalue weighted by molar-refractivity contribution is 5.93. The Kier molecular flexibility index (Phi) is 16.2. The van der Waals surface area contributed by atoms with Crippen molar-refractivity contribution in [3.63, 3.8) is 0 Å². The highest BCUT2D eigenvalue weighted by Crippen LogP contribution is 2.40. The number of rotatable bonds is 21. The Morgan fingerprint density at radius 3 is 2.12 bits per heavy atom. The second kappa shape index (κ2) is 21.7. The molecule has 9 heteroatoms. The van der Waals surface area contributed by atoms with Gasteiger partial charge in [-0.15, -0.1) is 0 Å². The minimum absolute atomic E-state index is 0.00574. The predicted molar refractivity (Wildman–Crippen MR) is 224 cm³/mol. The van der Waals surface area contributed by atoms with E-state index in [4.69, 9.17) is 9.47 Å². The third-order valence-electron chi connectivity index (χ3n) is 12.1. The fraction of sp³-hybridized carbons (Fsp3) is 0.574. The molecular formula is C47H66N4O5. The minimum atomic E-state index is -0.612. The highest BCUT2D eigenvalue weighted by Gasteiger charge is 2.50. The summed E-state index contributed by atoms with van der Waals surface area (Å²) in [6, 6.07) is 26.0. The molecule has 9 nitrogen and oxygen atoms in total. The number of carbonyl (C=O) groups excluding carboxylic acids is 2. The van der Waals surface area contributed by atoms with E-state index in [2.05, 4.69) is 39.5 Å². The Hall–Kier alpha value is -3.76. The third-order valence-corrected chi connectivity index (χ3v) is 12.1. The molecule has 3 heterocycles. The summed E-state index contributed by atoms with van der Waals surface area (Å²) < 4.78 is 13.3. The fourth-order valence-electron chi connectivity index (χ4n) is 8.75. The molecule has 0 saturated carbocycles. The van der Waals surface area contributed by atoms with Crippen LogP contribution in [0.5, 0.6) is 0 Å². The van der Waals surface area contributed by atoms with E-state index < -0.39 is 11.8 Å². The van der Waals surface area contributed by atoms with Gasteiger partial charge in [0.25, 0.3) is 0 Å². The molecule has 3 aliphatic heterocycles. The van der Waals surface area contributed by atoms with Gasteiger partial charge in [-0.05, 0) is 54.7 Å². The van der Waals surface area contributed by atoms with Crippen LogP contribution in [0.1, 0.15) is 145 Å². The normalized spacial score (nSPS) is 21.0. The first-order valence-electron chi connectivity index (χ1n) is 21.7. The summed E-state index contributed by atoms with van der Waals surface area (Å²) in [5.41, 5.74) is 4.05. The molecule has 3 fully saturated rings. The number of amides is 2. The van der Waals surface area contributed by atoms with Crippen LogP contribution in [0, 0.1) is 0 Å². The highest BCUT2D eigenvalue weighted by atomic mass is 16.7. The zero-order valence-corrected chi connectivity index (χ0v) is 33.8. The molecule has 56 heavy (non-hydrogen) atoms. The van der Waals surface area contributed by atoms with Crippen molar-refractivity contribution in [1.82, 2.24) is 10.2 Å². The Morgan fingerprint density at radius 2 is 1.46 bits per heavy atom. The molecule has 3 atom stereocenters. The van der Waals surface area contributed by atoms with E-state index in [-0.39, 0.29) is 30.6 Å².